The predicted molar refractivity (Wildman–Crippen MR) is 124 cm³/mol. The highest BCUT2D eigenvalue weighted by Gasteiger charge is 2.34. The SMILES string of the molecule is Cc1ccnc(C(NC(=O)c2cc(CO)cc(-c3c(C)ccc4[nH]ncc34)c2)C2CC2)c1. The van der Waals surface area contributed by atoms with Crippen molar-refractivity contribution in [3.63, 3.8) is 0 Å². The summed E-state index contributed by atoms with van der Waals surface area (Å²) in [5.41, 5.74) is 7.18. The molecule has 5 rings (SSSR count). The Morgan fingerprint density at radius 2 is 2.03 bits per heavy atom. The number of nitrogens with zero attached hydrogens (tertiary/aromatic N) is 2. The molecule has 1 aliphatic rings. The molecular formula is C26H26N4O2. The molecule has 1 fully saturated rings. The fourth-order valence-electron chi connectivity index (χ4n) is 4.39. The van der Waals surface area contributed by atoms with Gasteiger partial charge >= 0.3 is 0 Å². The number of aliphatic hydroxyl groups is 1. The summed E-state index contributed by atoms with van der Waals surface area (Å²) in [6, 6.07) is 13.5. The predicted octanol–water partition coefficient (Wildman–Crippen LogP) is 4.62. The molecule has 1 aliphatic carbocycles. The summed E-state index contributed by atoms with van der Waals surface area (Å²) in [7, 11) is 0. The molecule has 6 nitrogen and oxygen atoms in total. The molecule has 1 unspecified atom stereocenters. The quantitative estimate of drug-likeness (QED) is 0.420. The van der Waals surface area contributed by atoms with Crippen molar-refractivity contribution in [3.05, 3.63) is 82.8 Å². The molecule has 2 heterocycles. The van der Waals surface area contributed by atoms with Gasteiger partial charge in [-0.2, -0.15) is 5.10 Å². The molecule has 162 valence electrons. The summed E-state index contributed by atoms with van der Waals surface area (Å²) in [5, 5.41) is 21.3. The first kappa shape index (κ1) is 20.4. The number of aromatic amines is 1. The van der Waals surface area contributed by atoms with E-state index in [1.165, 1.54) is 0 Å². The van der Waals surface area contributed by atoms with E-state index in [1.54, 1.807) is 18.5 Å². The molecule has 4 aromatic rings. The number of amides is 1. The molecule has 0 bridgehead atoms. The lowest BCUT2D eigenvalue weighted by atomic mass is 9.93. The number of nitrogens with one attached hydrogen (secondary N) is 2. The average molecular weight is 427 g/mol. The zero-order valence-corrected chi connectivity index (χ0v) is 18.2. The second-order valence-electron chi connectivity index (χ2n) is 8.71. The van der Waals surface area contributed by atoms with E-state index in [9.17, 15) is 9.90 Å². The fourth-order valence-corrected chi connectivity index (χ4v) is 4.39. The van der Waals surface area contributed by atoms with E-state index in [2.05, 4.69) is 20.5 Å². The number of benzene rings is 2. The summed E-state index contributed by atoms with van der Waals surface area (Å²) < 4.78 is 0. The van der Waals surface area contributed by atoms with Crippen LogP contribution in [0.25, 0.3) is 22.0 Å². The molecule has 0 aliphatic heterocycles. The molecule has 1 amide bonds. The van der Waals surface area contributed by atoms with E-state index in [-0.39, 0.29) is 18.6 Å². The van der Waals surface area contributed by atoms with Gasteiger partial charge in [0.1, 0.15) is 0 Å². The van der Waals surface area contributed by atoms with E-state index in [4.69, 9.17) is 0 Å². The maximum absolute atomic E-state index is 13.4. The van der Waals surface area contributed by atoms with Crippen LogP contribution in [0.1, 0.15) is 51.6 Å². The summed E-state index contributed by atoms with van der Waals surface area (Å²) in [4.78, 5) is 17.9. The molecule has 0 spiro atoms. The molecule has 1 atom stereocenters. The normalized spacial score (nSPS) is 14.5. The Morgan fingerprint density at radius 1 is 1.19 bits per heavy atom. The Hall–Kier alpha value is -3.51. The smallest absolute Gasteiger partial charge is 0.251 e. The standard InChI is InChI=1S/C26H26N4O2/c1-15-7-8-27-23(9-15)25(18-4-5-18)29-26(32)20-11-17(14-31)10-19(12-20)24-16(2)3-6-22-21(24)13-28-30-22/h3,6-13,18,25,31H,4-5,14H2,1-2H3,(H,28,30)(H,29,32). The van der Waals surface area contributed by atoms with E-state index in [1.807, 2.05) is 50.2 Å². The number of carbonyl (C=O) groups excluding carboxylic acids is 1. The molecule has 3 N–H and O–H groups in total. The third-order valence-electron chi connectivity index (χ3n) is 6.19. The van der Waals surface area contributed by atoms with E-state index in [0.717, 1.165) is 51.7 Å². The van der Waals surface area contributed by atoms with Crippen LogP contribution < -0.4 is 5.32 Å². The molecule has 32 heavy (non-hydrogen) atoms. The first-order valence-corrected chi connectivity index (χ1v) is 10.9. The Kier molecular flexibility index (Phi) is 5.23. The van der Waals surface area contributed by atoms with Crippen LogP contribution in [0.5, 0.6) is 0 Å². The highest BCUT2D eigenvalue weighted by molar-refractivity contribution is 6.00. The van der Waals surface area contributed by atoms with Crippen LogP contribution in [0.4, 0.5) is 0 Å². The first-order valence-electron chi connectivity index (χ1n) is 10.9. The maximum Gasteiger partial charge on any atom is 0.251 e. The van der Waals surface area contributed by atoms with Gasteiger partial charge in [0.2, 0.25) is 0 Å². The minimum Gasteiger partial charge on any atom is -0.392 e. The zero-order valence-electron chi connectivity index (χ0n) is 18.2. The van der Waals surface area contributed by atoms with Crippen LogP contribution in [-0.4, -0.2) is 26.2 Å². The number of carbonyl (C=O) groups is 1. The van der Waals surface area contributed by atoms with Gasteiger partial charge in [-0.1, -0.05) is 6.07 Å². The molecule has 0 saturated heterocycles. The van der Waals surface area contributed by atoms with E-state index in [0.29, 0.717) is 17.0 Å². The van der Waals surface area contributed by atoms with Crippen LogP contribution in [0.2, 0.25) is 0 Å². The first-order chi connectivity index (χ1) is 15.5. The van der Waals surface area contributed by atoms with E-state index >= 15 is 0 Å². The van der Waals surface area contributed by atoms with Crippen LogP contribution in [0, 0.1) is 19.8 Å². The second-order valence-corrected chi connectivity index (χ2v) is 8.71. The van der Waals surface area contributed by atoms with Gasteiger partial charge in [-0.3, -0.25) is 14.9 Å². The minimum atomic E-state index is -0.154. The topological polar surface area (TPSA) is 90.9 Å². The van der Waals surface area contributed by atoms with Gasteiger partial charge in [-0.15, -0.1) is 0 Å². The fraction of sp³-hybridized carbons (Fsp3) is 0.269. The minimum absolute atomic E-state index is 0.109. The lowest BCUT2D eigenvalue weighted by Crippen LogP contribution is -2.30. The number of hydrogen-bond acceptors (Lipinski definition) is 4. The second kappa shape index (κ2) is 8.20. The Labute approximate surface area is 186 Å². The zero-order chi connectivity index (χ0) is 22.2. The number of H-pyrrole nitrogens is 1. The van der Waals surface area contributed by atoms with Crippen molar-refractivity contribution in [2.45, 2.75) is 39.3 Å². The number of aryl methyl sites for hydroxylation is 2. The number of pyridine rings is 1. The van der Waals surface area contributed by atoms with Gasteiger partial charge in [0, 0.05) is 17.1 Å². The lowest BCUT2D eigenvalue weighted by molar-refractivity contribution is 0.0930. The molecular weight excluding hydrogens is 400 g/mol. The number of aromatic nitrogens is 3. The van der Waals surface area contributed by atoms with Crippen molar-refractivity contribution in [2.24, 2.45) is 5.92 Å². The number of rotatable bonds is 6. The highest BCUT2D eigenvalue weighted by Crippen LogP contribution is 2.41. The van der Waals surface area contributed by atoms with Crippen LogP contribution in [-0.2, 0) is 6.61 Å². The molecule has 2 aromatic carbocycles. The van der Waals surface area contributed by atoms with Gasteiger partial charge in [0.05, 0.1) is 30.1 Å². The average Bonchev–Trinajstić information content (AvgIpc) is 3.53. The van der Waals surface area contributed by atoms with Crippen molar-refractivity contribution < 1.29 is 9.90 Å². The van der Waals surface area contributed by atoms with Crippen LogP contribution in [0.3, 0.4) is 0 Å². The maximum atomic E-state index is 13.4. The van der Waals surface area contributed by atoms with Crippen molar-refractivity contribution in [1.82, 2.24) is 20.5 Å². The monoisotopic (exact) mass is 426 g/mol. The third-order valence-corrected chi connectivity index (χ3v) is 6.19. The summed E-state index contributed by atoms with van der Waals surface area (Å²) in [6.45, 7) is 3.94. The van der Waals surface area contributed by atoms with Gasteiger partial charge in [0.25, 0.3) is 5.91 Å². The highest BCUT2D eigenvalue weighted by atomic mass is 16.3. The summed E-state index contributed by atoms with van der Waals surface area (Å²) in [6.07, 6.45) is 5.77. The Morgan fingerprint density at radius 3 is 2.78 bits per heavy atom. The third kappa shape index (κ3) is 3.89. The summed E-state index contributed by atoms with van der Waals surface area (Å²) in [5.74, 6) is 0.259. The van der Waals surface area contributed by atoms with Crippen LogP contribution in [0.15, 0.2) is 54.9 Å². The molecule has 1 saturated carbocycles. The van der Waals surface area contributed by atoms with E-state index < -0.39 is 0 Å². The van der Waals surface area contributed by atoms with Crippen molar-refractivity contribution in [2.75, 3.05) is 0 Å². The lowest BCUT2D eigenvalue weighted by Gasteiger charge is -2.19. The van der Waals surface area contributed by atoms with Crippen molar-refractivity contribution in [3.8, 4) is 11.1 Å². The largest absolute Gasteiger partial charge is 0.392 e. The van der Waals surface area contributed by atoms with Gasteiger partial charge < -0.3 is 10.4 Å². The number of aliphatic hydroxyl groups excluding tert-OH is 1. The Balaban J connectivity index is 1.53. The van der Waals surface area contributed by atoms with Gasteiger partial charge in [0.15, 0.2) is 0 Å². The van der Waals surface area contributed by atoms with Crippen molar-refractivity contribution >= 4 is 16.8 Å². The number of hydrogen-bond donors (Lipinski definition) is 3. The molecule has 6 heteroatoms. The molecule has 0 radical (unpaired) electrons. The Bertz CT molecular complexity index is 1310. The van der Waals surface area contributed by atoms with Gasteiger partial charge in [-0.25, -0.2) is 0 Å². The van der Waals surface area contributed by atoms with Crippen molar-refractivity contribution in [1.29, 1.82) is 0 Å². The number of fused-ring (bicyclic) bond motifs is 1. The summed E-state index contributed by atoms with van der Waals surface area (Å²) >= 11 is 0. The molecule has 2 aromatic heterocycles. The van der Waals surface area contributed by atoms with Gasteiger partial charge in [-0.05, 0) is 96.8 Å². The van der Waals surface area contributed by atoms with Crippen LogP contribution >= 0.6 is 0 Å².